The van der Waals surface area contributed by atoms with Crippen molar-refractivity contribution in [2.24, 2.45) is 13.0 Å². The fourth-order valence-corrected chi connectivity index (χ4v) is 5.25. The van der Waals surface area contributed by atoms with E-state index in [1.165, 1.54) is 22.0 Å². The molecule has 1 aliphatic carbocycles. The molecule has 3 aromatic rings. The number of nitrogens with zero attached hydrogens (tertiary/aromatic N) is 3. The van der Waals surface area contributed by atoms with Gasteiger partial charge in [0.25, 0.3) is 0 Å². The summed E-state index contributed by atoms with van der Waals surface area (Å²) in [5.41, 5.74) is 5.20. The molecule has 0 spiro atoms. The number of piperidine rings is 1. The summed E-state index contributed by atoms with van der Waals surface area (Å²) in [5.74, 6) is 0.579. The van der Waals surface area contributed by atoms with Crippen LogP contribution in [0.15, 0.2) is 48.9 Å². The average molecular weight is 374 g/mol. The third-order valence-corrected chi connectivity index (χ3v) is 6.59. The summed E-state index contributed by atoms with van der Waals surface area (Å²) in [4.78, 5) is 19.4. The lowest BCUT2D eigenvalue weighted by molar-refractivity contribution is -0.127. The van der Waals surface area contributed by atoms with E-state index in [9.17, 15) is 4.79 Å². The number of hydrogen-bond acceptors (Lipinski definition) is 3. The Kier molecular flexibility index (Phi) is 4.20. The molecule has 144 valence electrons. The van der Waals surface area contributed by atoms with E-state index in [0.717, 1.165) is 24.9 Å². The Balaban J connectivity index is 1.39. The molecule has 0 bridgehead atoms. The fraction of sp³-hybridized carbons (Fsp3) is 0.391. The van der Waals surface area contributed by atoms with Crippen LogP contribution in [0.5, 0.6) is 0 Å². The number of likely N-dealkylation sites (N-methyl/N-ethyl adjacent to an activating group) is 1. The second-order valence-corrected chi connectivity index (χ2v) is 8.34. The molecule has 5 rings (SSSR count). The van der Waals surface area contributed by atoms with Gasteiger partial charge in [0.15, 0.2) is 0 Å². The number of carbonyl (C=O) groups is 1. The maximum absolute atomic E-state index is 12.9. The van der Waals surface area contributed by atoms with Crippen LogP contribution >= 0.6 is 0 Å². The third kappa shape index (κ3) is 2.81. The maximum atomic E-state index is 12.9. The van der Waals surface area contributed by atoms with Gasteiger partial charge in [-0.2, -0.15) is 0 Å². The molecule has 0 saturated carbocycles. The SMILES string of the molecule is CN1CC(C(=O)NCc2cccnc2)C[C@@H]2c3cccc4c3c(cn4C)C[C@H]21. The molecule has 1 aromatic carbocycles. The number of aromatic nitrogens is 2. The molecule has 1 aliphatic heterocycles. The number of carbonyl (C=O) groups excluding carboxylic acids is 1. The Labute approximate surface area is 165 Å². The number of fused-ring (bicyclic) bond motifs is 2. The molecule has 1 amide bonds. The summed E-state index contributed by atoms with van der Waals surface area (Å²) in [6.45, 7) is 1.36. The van der Waals surface area contributed by atoms with Crippen molar-refractivity contribution < 1.29 is 4.79 Å². The van der Waals surface area contributed by atoms with Gasteiger partial charge in [-0.25, -0.2) is 0 Å². The minimum absolute atomic E-state index is 0.0171. The van der Waals surface area contributed by atoms with Crippen molar-refractivity contribution in [3.8, 4) is 0 Å². The van der Waals surface area contributed by atoms with Gasteiger partial charge in [-0.3, -0.25) is 9.78 Å². The minimum atomic E-state index is 0.0171. The summed E-state index contributed by atoms with van der Waals surface area (Å²) in [7, 11) is 4.30. The van der Waals surface area contributed by atoms with Crippen molar-refractivity contribution in [2.75, 3.05) is 13.6 Å². The summed E-state index contributed by atoms with van der Waals surface area (Å²) in [6.07, 6.45) is 7.83. The van der Waals surface area contributed by atoms with Crippen molar-refractivity contribution in [3.05, 3.63) is 65.6 Å². The molecule has 28 heavy (non-hydrogen) atoms. The van der Waals surface area contributed by atoms with Gasteiger partial charge in [0.2, 0.25) is 5.91 Å². The highest BCUT2D eigenvalue weighted by Crippen LogP contribution is 2.44. The molecule has 1 N–H and O–H groups in total. The van der Waals surface area contributed by atoms with Crippen LogP contribution in [0.4, 0.5) is 0 Å². The molecule has 0 radical (unpaired) electrons. The molecule has 5 nitrogen and oxygen atoms in total. The molecule has 1 saturated heterocycles. The minimum Gasteiger partial charge on any atom is -0.352 e. The Hall–Kier alpha value is -2.66. The number of pyridine rings is 1. The number of benzene rings is 1. The van der Waals surface area contributed by atoms with Gasteiger partial charge in [0.1, 0.15) is 0 Å². The van der Waals surface area contributed by atoms with Crippen LogP contribution in [-0.2, 0) is 24.8 Å². The zero-order valence-electron chi connectivity index (χ0n) is 16.4. The Morgan fingerprint density at radius 2 is 2.14 bits per heavy atom. The second kappa shape index (κ2) is 6.74. The summed E-state index contributed by atoms with van der Waals surface area (Å²) >= 11 is 0. The number of likely N-dealkylation sites (tertiary alicyclic amines) is 1. The second-order valence-electron chi connectivity index (χ2n) is 8.34. The van der Waals surface area contributed by atoms with Crippen LogP contribution in [-0.4, -0.2) is 40.0 Å². The molecular weight excluding hydrogens is 348 g/mol. The predicted octanol–water partition coefficient (Wildman–Crippen LogP) is 2.85. The van der Waals surface area contributed by atoms with E-state index in [0.29, 0.717) is 18.5 Å². The van der Waals surface area contributed by atoms with Crippen LogP contribution in [0.1, 0.15) is 29.0 Å². The highest BCUT2D eigenvalue weighted by atomic mass is 16.1. The first-order valence-electron chi connectivity index (χ1n) is 10.1. The fourth-order valence-electron chi connectivity index (χ4n) is 5.25. The van der Waals surface area contributed by atoms with E-state index in [1.54, 1.807) is 6.20 Å². The Morgan fingerprint density at radius 3 is 2.96 bits per heavy atom. The molecule has 5 heteroatoms. The zero-order valence-corrected chi connectivity index (χ0v) is 16.4. The first kappa shape index (κ1) is 17.4. The molecular formula is C23H26N4O. The Morgan fingerprint density at radius 1 is 1.25 bits per heavy atom. The van der Waals surface area contributed by atoms with E-state index in [4.69, 9.17) is 0 Å². The topological polar surface area (TPSA) is 50.2 Å². The smallest absolute Gasteiger partial charge is 0.224 e. The summed E-state index contributed by atoms with van der Waals surface area (Å²) in [6, 6.07) is 11.0. The standard InChI is InChI=1S/C23H26N4O/c1-26-13-16-10-21-19(18-6-3-7-20(26)22(16)18)9-17(14-27(21)2)23(28)25-12-15-5-4-8-24-11-15/h3-8,11,13,17,19,21H,9-10,12,14H2,1-2H3,(H,25,28)/t17?,19-,21-/m1/s1. The number of nitrogens with one attached hydrogen (secondary N) is 1. The Bertz CT molecular complexity index is 1030. The van der Waals surface area contributed by atoms with Crippen LogP contribution in [0.2, 0.25) is 0 Å². The van der Waals surface area contributed by atoms with Gasteiger partial charge in [-0.1, -0.05) is 18.2 Å². The van der Waals surface area contributed by atoms with Crippen molar-refractivity contribution in [1.29, 1.82) is 0 Å². The van der Waals surface area contributed by atoms with Gasteiger partial charge in [-0.15, -0.1) is 0 Å². The van der Waals surface area contributed by atoms with Gasteiger partial charge >= 0.3 is 0 Å². The number of hydrogen-bond donors (Lipinski definition) is 1. The molecule has 2 aliphatic rings. The van der Waals surface area contributed by atoms with Crippen LogP contribution in [0.25, 0.3) is 10.9 Å². The van der Waals surface area contributed by atoms with Crippen LogP contribution in [0, 0.1) is 5.92 Å². The summed E-state index contributed by atoms with van der Waals surface area (Å²) in [5, 5.41) is 4.54. The van der Waals surface area contributed by atoms with E-state index in [2.05, 4.69) is 58.3 Å². The van der Waals surface area contributed by atoms with Gasteiger partial charge in [0, 0.05) is 61.6 Å². The van der Waals surface area contributed by atoms with E-state index in [1.807, 2.05) is 18.3 Å². The van der Waals surface area contributed by atoms with Crippen molar-refractivity contribution in [1.82, 2.24) is 19.8 Å². The highest BCUT2D eigenvalue weighted by molar-refractivity contribution is 5.89. The van der Waals surface area contributed by atoms with E-state index in [-0.39, 0.29) is 11.8 Å². The maximum Gasteiger partial charge on any atom is 0.224 e. The molecule has 1 unspecified atom stereocenters. The monoisotopic (exact) mass is 374 g/mol. The number of amides is 1. The van der Waals surface area contributed by atoms with E-state index < -0.39 is 0 Å². The average Bonchev–Trinajstić information content (AvgIpc) is 3.04. The molecule has 1 fully saturated rings. The van der Waals surface area contributed by atoms with Crippen molar-refractivity contribution >= 4 is 16.8 Å². The van der Waals surface area contributed by atoms with Gasteiger partial charge in [0.05, 0.1) is 5.92 Å². The molecule has 3 atom stereocenters. The molecule has 3 heterocycles. The largest absolute Gasteiger partial charge is 0.352 e. The predicted molar refractivity (Wildman–Crippen MR) is 110 cm³/mol. The third-order valence-electron chi connectivity index (χ3n) is 6.59. The molecule has 2 aromatic heterocycles. The van der Waals surface area contributed by atoms with Crippen LogP contribution < -0.4 is 5.32 Å². The lowest BCUT2D eigenvalue weighted by Crippen LogP contribution is -2.51. The lowest BCUT2D eigenvalue weighted by Gasteiger charge is -2.45. The first-order chi connectivity index (χ1) is 13.6. The number of rotatable bonds is 3. The van der Waals surface area contributed by atoms with Crippen molar-refractivity contribution in [3.63, 3.8) is 0 Å². The van der Waals surface area contributed by atoms with Crippen molar-refractivity contribution in [2.45, 2.75) is 31.3 Å². The summed E-state index contributed by atoms with van der Waals surface area (Å²) < 4.78 is 2.24. The highest BCUT2D eigenvalue weighted by Gasteiger charge is 2.41. The zero-order chi connectivity index (χ0) is 19.3. The number of aryl methyl sites for hydroxylation is 1. The van der Waals surface area contributed by atoms with Crippen LogP contribution in [0.3, 0.4) is 0 Å². The first-order valence-corrected chi connectivity index (χ1v) is 10.1. The van der Waals surface area contributed by atoms with Gasteiger partial charge < -0.3 is 14.8 Å². The quantitative estimate of drug-likeness (QED) is 0.767. The lowest BCUT2D eigenvalue weighted by atomic mass is 9.72. The normalized spacial score (nSPS) is 24.1. The van der Waals surface area contributed by atoms with E-state index >= 15 is 0 Å². The van der Waals surface area contributed by atoms with Gasteiger partial charge in [-0.05, 0) is 48.7 Å².